The molecular weight excluding hydrogens is 354 g/mol. The van der Waals surface area contributed by atoms with Crippen LogP contribution in [0.5, 0.6) is 0 Å². The van der Waals surface area contributed by atoms with Crippen molar-refractivity contribution in [2.75, 3.05) is 26.9 Å². The van der Waals surface area contributed by atoms with Gasteiger partial charge in [0.25, 0.3) is 0 Å². The third-order valence-corrected chi connectivity index (χ3v) is 4.59. The van der Waals surface area contributed by atoms with E-state index in [0.717, 1.165) is 35.4 Å². The Bertz CT molecular complexity index is 708. The van der Waals surface area contributed by atoms with E-state index in [1.165, 1.54) is 0 Å². The van der Waals surface area contributed by atoms with Crippen LogP contribution < -0.4 is 5.32 Å². The second-order valence-corrected chi connectivity index (χ2v) is 6.55. The van der Waals surface area contributed by atoms with Gasteiger partial charge in [-0.3, -0.25) is 0 Å². The van der Waals surface area contributed by atoms with E-state index in [2.05, 4.69) is 11.4 Å². The van der Waals surface area contributed by atoms with Crippen LogP contribution in [0.25, 0.3) is 0 Å². The van der Waals surface area contributed by atoms with Crippen LogP contribution in [0.4, 0.5) is 0 Å². The summed E-state index contributed by atoms with van der Waals surface area (Å²) in [6.07, 6.45) is 6.54. The zero-order chi connectivity index (χ0) is 18.4. The molecule has 26 heavy (non-hydrogen) atoms. The molecule has 2 N–H and O–H groups in total. The molecule has 1 aliphatic heterocycles. The average molecular weight is 378 g/mol. The highest BCUT2D eigenvalue weighted by atomic mass is 35.5. The van der Waals surface area contributed by atoms with E-state index in [-0.39, 0.29) is 0 Å². The molecule has 1 fully saturated rings. The predicted octanol–water partition coefficient (Wildman–Crippen LogP) is 3.47. The maximum Gasteiger partial charge on any atom is 0.189 e. The lowest BCUT2D eigenvalue weighted by atomic mass is 10.0. The molecule has 0 radical (unpaired) electrons. The predicted molar refractivity (Wildman–Crippen MR) is 101 cm³/mol. The summed E-state index contributed by atoms with van der Waals surface area (Å²) in [6.45, 7) is 1.44. The molecule has 1 aromatic carbocycles. The number of nitrogens with one attached hydrogen (secondary N) is 1. The second kappa shape index (κ2) is 9.24. The van der Waals surface area contributed by atoms with Gasteiger partial charge in [0.1, 0.15) is 5.76 Å². The van der Waals surface area contributed by atoms with Crippen LogP contribution in [0.1, 0.15) is 24.5 Å². The molecule has 6 heteroatoms. The molecule has 1 aromatic rings. The van der Waals surface area contributed by atoms with Crippen molar-refractivity contribution in [2.24, 2.45) is 0 Å². The number of aliphatic hydroxyl groups is 1. The zero-order valence-corrected chi connectivity index (χ0v) is 15.5. The Kier molecular flexibility index (Phi) is 6.74. The summed E-state index contributed by atoms with van der Waals surface area (Å²) >= 11 is 6.02. The van der Waals surface area contributed by atoms with E-state index in [1.54, 1.807) is 19.2 Å². The van der Waals surface area contributed by atoms with Crippen LogP contribution in [0.15, 0.2) is 59.5 Å². The molecule has 3 rings (SSSR count). The molecule has 140 valence electrons. The van der Waals surface area contributed by atoms with Crippen molar-refractivity contribution in [1.29, 1.82) is 0 Å². The Morgan fingerprint density at radius 3 is 2.88 bits per heavy atom. The summed E-state index contributed by atoms with van der Waals surface area (Å²) in [7, 11) is 1.66. The quantitative estimate of drug-likeness (QED) is 0.794. The molecule has 0 amide bonds. The lowest BCUT2D eigenvalue weighted by Crippen LogP contribution is -2.28. The third-order valence-electron chi connectivity index (χ3n) is 4.35. The highest BCUT2D eigenvalue weighted by Crippen LogP contribution is 2.28. The number of aliphatic hydroxyl groups excluding tert-OH is 1. The Labute approximate surface area is 158 Å². The summed E-state index contributed by atoms with van der Waals surface area (Å²) < 4.78 is 17.0. The standard InChI is InChI=1S/C20H24ClNO4/c1-24-18-9-4-2-3-8-16(19(18)20-25-10-11-26-20)22-13-17(23)14-6-5-7-15(21)12-14/h2-3,5-8,12,17,20,22-23H,4,9-11,13H2,1H3/b3-2-,16-8+,19-18-/t17-/m1/s1. The normalized spacial score (nSPS) is 25.7. The average Bonchev–Trinajstić information content (AvgIpc) is 3.15. The van der Waals surface area contributed by atoms with Gasteiger partial charge in [-0.15, -0.1) is 0 Å². The van der Waals surface area contributed by atoms with Crippen LogP contribution in [0.3, 0.4) is 0 Å². The van der Waals surface area contributed by atoms with E-state index in [9.17, 15) is 5.11 Å². The van der Waals surface area contributed by atoms with Crippen LogP contribution >= 0.6 is 11.6 Å². The Morgan fingerprint density at radius 1 is 1.35 bits per heavy atom. The minimum absolute atomic E-state index is 0.327. The highest BCUT2D eigenvalue weighted by molar-refractivity contribution is 6.30. The van der Waals surface area contributed by atoms with Gasteiger partial charge < -0.3 is 24.6 Å². The summed E-state index contributed by atoms with van der Waals surface area (Å²) in [6, 6.07) is 7.23. The number of rotatable bonds is 6. The van der Waals surface area contributed by atoms with Gasteiger partial charge >= 0.3 is 0 Å². The molecule has 1 saturated heterocycles. The SMILES string of the molecule is CO/C1=C(C2OCCO2)/C(NC[C@@H](O)c2cccc(Cl)c2)=C\C=C/CC1. The molecule has 0 aromatic heterocycles. The molecular formula is C20H24ClNO4. The summed E-state index contributed by atoms with van der Waals surface area (Å²) in [5.74, 6) is 0.831. The molecule has 1 aliphatic carbocycles. The molecule has 1 atom stereocenters. The van der Waals surface area contributed by atoms with Crippen molar-refractivity contribution in [2.45, 2.75) is 25.2 Å². The fourth-order valence-corrected chi connectivity index (χ4v) is 3.24. The van der Waals surface area contributed by atoms with Gasteiger partial charge in [-0.25, -0.2) is 0 Å². The maximum absolute atomic E-state index is 10.5. The molecule has 2 aliphatic rings. The molecule has 0 saturated carbocycles. The van der Waals surface area contributed by atoms with Crippen LogP contribution in [-0.2, 0) is 14.2 Å². The van der Waals surface area contributed by atoms with Gasteiger partial charge in [0.15, 0.2) is 6.29 Å². The van der Waals surface area contributed by atoms with E-state index >= 15 is 0 Å². The smallest absolute Gasteiger partial charge is 0.189 e. The third kappa shape index (κ3) is 4.68. The molecule has 0 spiro atoms. The lowest BCUT2D eigenvalue weighted by Gasteiger charge is -2.24. The van der Waals surface area contributed by atoms with Crippen molar-refractivity contribution >= 4 is 11.6 Å². The van der Waals surface area contributed by atoms with E-state index in [1.807, 2.05) is 24.3 Å². The Hall–Kier alpha value is -1.79. The van der Waals surface area contributed by atoms with Crippen molar-refractivity contribution in [1.82, 2.24) is 5.32 Å². The number of allylic oxidation sites excluding steroid dienone is 4. The Balaban J connectivity index is 1.80. The first-order valence-electron chi connectivity index (χ1n) is 8.74. The van der Waals surface area contributed by atoms with E-state index in [4.69, 9.17) is 25.8 Å². The Morgan fingerprint density at radius 2 is 2.15 bits per heavy atom. The zero-order valence-electron chi connectivity index (χ0n) is 14.8. The largest absolute Gasteiger partial charge is 0.501 e. The number of hydrogen-bond acceptors (Lipinski definition) is 5. The summed E-state index contributed by atoms with van der Waals surface area (Å²) in [5.41, 5.74) is 2.44. The highest BCUT2D eigenvalue weighted by Gasteiger charge is 2.28. The molecule has 0 bridgehead atoms. The topological polar surface area (TPSA) is 60.0 Å². The number of halogens is 1. The van der Waals surface area contributed by atoms with Crippen molar-refractivity contribution in [3.05, 3.63) is 70.1 Å². The minimum Gasteiger partial charge on any atom is -0.501 e. The maximum atomic E-state index is 10.5. The van der Waals surface area contributed by atoms with Gasteiger partial charge in [-0.05, 0) is 30.2 Å². The first-order valence-corrected chi connectivity index (χ1v) is 9.11. The van der Waals surface area contributed by atoms with Gasteiger partial charge in [0.2, 0.25) is 0 Å². The minimum atomic E-state index is -0.693. The molecule has 5 nitrogen and oxygen atoms in total. The van der Waals surface area contributed by atoms with E-state index < -0.39 is 12.4 Å². The van der Waals surface area contributed by atoms with Crippen molar-refractivity contribution in [3.8, 4) is 0 Å². The first-order chi connectivity index (χ1) is 12.7. The van der Waals surface area contributed by atoms with Crippen LogP contribution in [0.2, 0.25) is 5.02 Å². The van der Waals surface area contributed by atoms with Gasteiger partial charge in [0.05, 0.1) is 32.0 Å². The van der Waals surface area contributed by atoms with Crippen LogP contribution in [0, 0.1) is 0 Å². The number of benzene rings is 1. The van der Waals surface area contributed by atoms with Gasteiger partial charge in [0, 0.05) is 23.7 Å². The fourth-order valence-electron chi connectivity index (χ4n) is 3.04. The monoisotopic (exact) mass is 377 g/mol. The summed E-state index contributed by atoms with van der Waals surface area (Å²) in [5, 5.41) is 14.4. The first kappa shape index (κ1) is 19.0. The van der Waals surface area contributed by atoms with Crippen LogP contribution in [-0.4, -0.2) is 38.3 Å². The second-order valence-electron chi connectivity index (χ2n) is 6.11. The summed E-state index contributed by atoms with van der Waals surface area (Å²) in [4.78, 5) is 0. The van der Waals surface area contributed by atoms with Gasteiger partial charge in [-0.1, -0.05) is 35.9 Å². The fraction of sp³-hybridized carbons (Fsp3) is 0.400. The molecule has 1 heterocycles. The number of hydrogen-bond donors (Lipinski definition) is 2. The van der Waals surface area contributed by atoms with E-state index in [0.29, 0.717) is 24.8 Å². The number of ether oxygens (including phenoxy) is 3. The number of methoxy groups -OCH3 is 1. The molecule has 0 unspecified atom stereocenters. The van der Waals surface area contributed by atoms with Gasteiger partial charge in [-0.2, -0.15) is 0 Å². The van der Waals surface area contributed by atoms with Crippen molar-refractivity contribution < 1.29 is 19.3 Å². The van der Waals surface area contributed by atoms with Crippen molar-refractivity contribution in [3.63, 3.8) is 0 Å². The lowest BCUT2D eigenvalue weighted by molar-refractivity contribution is -0.0138.